The Hall–Kier alpha value is -1.13. The van der Waals surface area contributed by atoms with Gasteiger partial charge in [-0.15, -0.1) is 0 Å². The molecule has 3 nitrogen and oxygen atoms in total. The van der Waals surface area contributed by atoms with Crippen molar-refractivity contribution < 1.29 is 9.47 Å². The minimum Gasteiger partial charge on any atom is -0.491 e. The monoisotopic (exact) mass is 309 g/mol. The van der Waals surface area contributed by atoms with Crippen molar-refractivity contribution in [1.29, 1.82) is 0 Å². The third kappa shape index (κ3) is 8.02. The van der Waals surface area contributed by atoms with Crippen LogP contribution < -0.4 is 10.5 Å². The van der Waals surface area contributed by atoms with E-state index < -0.39 is 0 Å². The summed E-state index contributed by atoms with van der Waals surface area (Å²) in [6, 6.07) is 7.50. The van der Waals surface area contributed by atoms with Crippen molar-refractivity contribution in [3.8, 4) is 5.75 Å². The molecule has 0 aliphatic rings. The Balaban J connectivity index is 2.11. The Kier molecular flexibility index (Phi) is 9.02. The molecule has 0 amide bonds. The van der Waals surface area contributed by atoms with Crippen molar-refractivity contribution in [2.45, 2.75) is 52.1 Å². The molecule has 0 saturated heterocycles. The second-order valence-electron chi connectivity index (χ2n) is 5.27. The molecule has 0 spiro atoms. The second kappa shape index (κ2) is 10.6. The fourth-order valence-corrected chi connectivity index (χ4v) is 2.20. The quantitative estimate of drug-likeness (QED) is 0.494. The molecule has 0 heterocycles. The lowest BCUT2D eigenvalue weighted by atomic mass is 10.1. The molecule has 0 aliphatic heterocycles. The van der Waals surface area contributed by atoms with Crippen LogP contribution in [0.1, 0.15) is 51.5 Å². The number of thiocarbonyl (C=S) groups is 1. The molecule has 1 aromatic carbocycles. The van der Waals surface area contributed by atoms with Gasteiger partial charge in [-0.3, -0.25) is 0 Å². The zero-order chi connectivity index (χ0) is 15.5. The Labute approximate surface area is 133 Å². The molecule has 1 atom stereocenters. The van der Waals surface area contributed by atoms with Crippen LogP contribution in [0.4, 0.5) is 0 Å². The topological polar surface area (TPSA) is 44.5 Å². The zero-order valence-electron chi connectivity index (χ0n) is 13.1. The number of benzene rings is 1. The highest BCUT2D eigenvalue weighted by Crippen LogP contribution is 2.12. The number of nitrogens with two attached hydrogens (primary N) is 1. The molecule has 0 aliphatic carbocycles. The van der Waals surface area contributed by atoms with Crippen molar-refractivity contribution in [1.82, 2.24) is 0 Å². The molecule has 118 valence electrons. The first-order valence-electron chi connectivity index (χ1n) is 7.77. The van der Waals surface area contributed by atoms with Crippen LogP contribution in [0.2, 0.25) is 0 Å². The summed E-state index contributed by atoms with van der Waals surface area (Å²) in [7, 11) is 0. The Morgan fingerprint density at radius 2 is 1.86 bits per heavy atom. The number of hydrogen-bond acceptors (Lipinski definition) is 3. The van der Waals surface area contributed by atoms with Crippen molar-refractivity contribution >= 4 is 17.2 Å². The SMILES string of the molecule is CCCCCCC(C)OCCOc1ccc(C(N)=S)cc1. The van der Waals surface area contributed by atoms with Crippen LogP contribution in [-0.4, -0.2) is 24.3 Å². The Bertz CT molecular complexity index is 406. The Morgan fingerprint density at radius 1 is 1.14 bits per heavy atom. The number of rotatable bonds is 11. The molecular weight excluding hydrogens is 282 g/mol. The summed E-state index contributed by atoms with van der Waals surface area (Å²) in [6.07, 6.45) is 6.58. The molecule has 4 heteroatoms. The van der Waals surface area contributed by atoms with E-state index in [-0.39, 0.29) is 0 Å². The van der Waals surface area contributed by atoms with Crippen LogP contribution in [0, 0.1) is 0 Å². The third-order valence-electron chi connectivity index (χ3n) is 3.36. The van der Waals surface area contributed by atoms with E-state index in [1.54, 1.807) is 0 Å². The minimum absolute atomic E-state index is 0.308. The van der Waals surface area contributed by atoms with Gasteiger partial charge in [-0.1, -0.05) is 44.8 Å². The van der Waals surface area contributed by atoms with Gasteiger partial charge in [0.2, 0.25) is 0 Å². The van der Waals surface area contributed by atoms with Gasteiger partial charge in [0, 0.05) is 5.56 Å². The lowest BCUT2D eigenvalue weighted by molar-refractivity contribution is 0.0384. The van der Waals surface area contributed by atoms with Crippen LogP contribution in [0.5, 0.6) is 5.75 Å². The maximum atomic E-state index is 5.74. The first-order valence-corrected chi connectivity index (χ1v) is 8.18. The van der Waals surface area contributed by atoms with Gasteiger partial charge in [-0.2, -0.15) is 0 Å². The van der Waals surface area contributed by atoms with Gasteiger partial charge in [0.15, 0.2) is 0 Å². The van der Waals surface area contributed by atoms with Crippen molar-refractivity contribution in [3.05, 3.63) is 29.8 Å². The second-order valence-corrected chi connectivity index (χ2v) is 5.71. The van der Waals surface area contributed by atoms with E-state index in [1.165, 1.54) is 25.7 Å². The number of ether oxygens (including phenoxy) is 2. The van der Waals surface area contributed by atoms with Crippen molar-refractivity contribution in [2.24, 2.45) is 5.73 Å². The van der Waals surface area contributed by atoms with E-state index in [0.29, 0.717) is 24.3 Å². The standard InChI is InChI=1S/C17H27NO2S/c1-3-4-5-6-7-14(2)19-12-13-20-16-10-8-15(9-11-16)17(18)21/h8-11,14H,3-7,12-13H2,1-2H3,(H2,18,21). The molecule has 2 N–H and O–H groups in total. The third-order valence-corrected chi connectivity index (χ3v) is 3.59. The summed E-state index contributed by atoms with van der Waals surface area (Å²) >= 11 is 4.91. The largest absolute Gasteiger partial charge is 0.491 e. The molecular formula is C17H27NO2S. The molecule has 1 rings (SSSR count). The van der Waals surface area contributed by atoms with Gasteiger partial charge in [0.1, 0.15) is 17.3 Å². The van der Waals surface area contributed by atoms with Crippen LogP contribution in [0.3, 0.4) is 0 Å². The molecule has 0 aromatic heterocycles. The summed E-state index contributed by atoms with van der Waals surface area (Å²) < 4.78 is 11.4. The molecule has 0 fully saturated rings. The lowest BCUT2D eigenvalue weighted by Gasteiger charge is -2.13. The van der Waals surface area contributed by atoms with Gasteiger partial charge in [0.25, 0.3) is 0 Å². The zero-order valence-corrected chi connectivity index (χ0v) is 14.0. The number of hydrogen-bond donors (Lipinski definition) is 1. The van der Waals surface area contributed by atoms with Crippen LogP contribution in [0.25, 0.3) is 0 Å². The highest BCUT2D eigenvalue weighted by atomic mass is 32.1. The predicted octanol–water partition coefficient (Wildman–Crippen LogP) is 4.08. The van der Waals surface area contributed by atoms with Crippen LogP contribution in [0.15, 0.2) is 24.3 Å². The van der Waals surface area contributed by atoms with Gasteiger partial charge >= 0.3 is 0 Å². The highest BCUT2D eigenvalue weighted by Gasteiger charge is 2.02. The Morgan fingerprint density at radius 3 is 2.48 bits per heavy atom. The highest BCUT2D eigenvalue weighted by molar-refractivity contribution is 7.80. The van der Waals surface area contributed by atoms with Gasteiger partial charge in [-0.05, 0) is 37.6 Å². The first kappa shape index (κ1) is 17.9. The summed E-state index contributed by atoms with van der Waals surface area (Å²) in [6.45, 7) is 5.53. The minimum atomic E-state index is 0.308. The molecule has 0 saturated carbocycles. The smallest absolute Gasteiger partial charge is 0.119 e. The maximum absolute atomic E-state index is 5.74. The number of unbranched alkanes of at least 4 members (excludes halogenated alkanes) is 3. The molecule has 1 aromatic rings. The van der Waals surface area contributed by atoms with Crippen LogP contribution >= 0.6 is 12.2 Å². The molecule has 0 bridgehead atoms. The fraction of sp³-hybridized carbons (Fsp3) is 0.588. The van der Waals surface area contributed by atoms with E-state index in [4.69, 9.17) is 27.4 Å². The lowest BCUT2D eigenvalue weighted by Crippen LogP contribution is -2.14. The van der Waals surface area contributed by atoms with E-state index in [0.717, 1.165) is 17.7 Å². The van der Waals surface area contributed by atoms with Crippen molar-refractivity contribution in [2.75, 3.05) is 13.2 Å². The van der Waals surface area contributed by atoms with E-state index >= 15 is 0 Å². The van der Waals surface area contributed by atoms with Gasteiger partial charge in [0.05, 0.1) is 12.7 Å². The summed E-state index contributed by atoms with van der Waals surface area (Å²) in [5.74, 6) is 0.814. The fourth-order valence-electron chi connectivity index (χ4n) is 2.07. The van der Waals surface area contributed by atoms with Gasteiger partial charge in [-0.25, -0.2) is 0 Å². The normalized spacial score (nSPS) is 12.1. The summed E-state index contributed by atoms with van der Waals surface area (Å²) in [4.78, 5) is 0.404. The molecule has 1 unspecified atom stereocenters. The first-order chi connectivity index (χ1) is 10.1. The van der Waals surface area contributed by atoms with Gasteiger partial charge < -0.3 is 15.2 Å². The molecule has 0 radical (unpaired) electrons. The summed E-state index contributed by atoms with van der Waals surface area (Å²) in [5, 5.41) is 0. The average molecular weight is 309 g/mol. The molecule has 21 heavy (non-hydrogen) atoms. The summed E-state index contributed by atoms with van der Waals surface area (Å²) in [5.41, 5.74) is 6.40. The average Bonchev–Trinajstić information content (AvgIpc) is 2.48. The van der Waals surface area contributed by atoms with Crippen LogP contribution in [-0.2, 0) is 4.74 Å². The van der Waals surface area contributed by atoms with E-state index in [2.05, 4.69) is 13.8 Å². The van der Waals surface area contributed by atoms with E-state index in [9.17, 15) is 0 Å². The van der Waals surface area contributed by atoms with E-state index in [1.807, 2.05) is 24.3 Å². The van der Waals surface area contributed by atoms with Crippen molar-refractivity contribution in [3.63, 3.8) is 0 Å². The maximum Gasteiger partial charge on any atom is 0.119 e. The predicted molar refractivity (Wildman–Crippen MR) is 92.0 cm³/mol.